The molecule has 4 rings (SSSR count). The lowest BCUT2D eigenvalue weighted by atomic mass is 10.0. The maximum absolute atomic E-state index is 13.1. The number of para-hydroxylation sites is 1. The molecular formula is C25H19ClN2OS. The molecule has 0 atom stereocenters. The number of anilines is 1. The Labute approximate surface area is 185 Å². The molecule has 1 amide bonds. The number of aromatic nitrogens is 1. The first-order chi connectivity index (χ1) is 14.7. The third-order valence-corrected chi connectivity index (χ3v) is 5.83. The van der Waals surface area contributed by atoms with Gasteiger partial charge >= 0.3 is 0 Å². The molecule has 0 aliphatic rings. The van der Waals surface area contributed by atoms with E-state index in [0.717, 1.165) is 22.6 Å². The highest BCUT2D eigenvalue weighted by Gasteiger charge is 2.15. The second-order valence-corrected chi connectivity index (χ2v) is 8.18. The fourth-order valence-corrected chi connectivity index (χ4v) is 4.07. The van der Waals surface area contributed by atoms with E-state index in [1.807, 2.05) is 66.7 Å². The van der Waals surface area contributed by atoms with Crippen LogP contribution in [0.3, 0.4) is 0 Å². The first-order valence-corrected chi connectivity index (χ1v) is 10.7. The number of nitrogens with zero attached hydrogens (tertiary/aromatic N) is 1. The van der Waals surface area contributed by atoms with Gasteiger partial charge in [-0.1, -0.05) is 71.9 Å². The van der Waals surface area contributed by atoms with Crippen molar-refractivity contribution in [1.82, 2.24) is 4.98 Å². The Morgan fingerprint density at radius 3 is 2.40 bits per heavy atom. The van der Waals surface area contributed by atoms with Crippen LogP contribution in [0.5, 0.6) is 0 Å². The van der Waals surface area contributed by atoms with Crippen LogP contribution in [-0.2, 0) is 6.42 Å². The summed E-state index contributed by atoms with van der Waals surface area (Å²) >= 11 is 7.41. The van der Waals surface area contributed by atoms with Gasteiger partial charge in [-0.3, -0.25) is 4.79 Å². The lowest BCUT2D eigenvalue weighted by Crippen LogP contribution is -2.15. The summed E-state index contributed by atoms with van der Waals surface area (Å²) < 4.78 is 0. The van der Waals surface area contributed by atoms with E-state index in [9.17, 15) is 4.79 Å². The molecule has 0 spiro atoms. The minimum absolute atomic E-state index is 0.180. The molecule has 30 heavy (non-hydrogen) atoms. The molecule has 3 nitrogen and oxygen atoms in total. The van der Waals surface area contributed by atoms with Crippen molar-refractivity contribution in [3.8, 4) is 0 Å². The third kappa shape index (κ3) is 5.09. The quantitative estimate of drug-likeness (QED) is 0.368. The predicted octanol–water partition coefficient (Wildman–Crippen LogP) is 6.73. The van der Waals surface area contributed by atoms with Crippen LogP contribution in [0, 0.1) is 0 Å². The predicted molar refractivity (Wildman–Crippen MR) is 123 cm³/mol. The Morgan fingerprint density at radius 2 is 1.60 bits per heavy atom. The van der Waals surface area contributed by atoms with Crippen molar-refractivity contribution in [1.29, 1.82) is 0 Å². The van der Waals surface area contributed by atoms with E-state index in [4.69, 9.17) is 11.6 Å². The van der Waals surface area contributed by atoms with Gasteiger partial charge in [0.05, 0.1) is 5.56 Å². The van der Waals surface area contributed by atoms with E-state index >= 15 is 0 Å². The second-order valence-electron chi connectivity index (χ2n) is 6.69. The SMILES string of the molecule is O=C(Nc1ccccc1Cc1ccccc1)c1cccnc1Sc1ccc(Cl)cc1. The summed E-state index contributed by atoms with van der Waals surface area (Å²) in [6.45, 7) is 0. The zero-order chi connectivity index (χ0) is 20.8. The molecule has 4 aromatic rings. The molecule has 0 fully saturated rings. The molecular weight excluding hydrogens is 412 g/mol. The Bertz CT molecular complexity index is 1150. The van der Waals surface area contributed by atoms with Crippen molar-refractivity contribution >= 4 is 35.0 Å². The number of hydrogen-bond donors (Lipinski definition) is 1. The normalized spacial score (nSPS) is 10.6. The molecule has 3 aromatic carbocycles. The van der Waals surface area contributed by atoms with Gasteiger partial charge in [-0.25, -0.2) is 4.98 Å². The molecule has 0 bridgehead atoms. The van der Waals surface area contributed by atoms with Crippen LogP contribution in [0.4, 0.5) is 5.69 Å². The standard InChI is InChI=1S/C25H19ClN2OS/c26-20-12-14-21(15-13-20)30-25-22(10-6-16-27-25)24(29)28-23-11-5-4-9-19(23)17-18-7-2-1-3-8-18/h1-16H,17H2,(H,28,29). The number of carbonyl (C=O) groups excluding carboxylic acids is 1. The number of hydrogen-bond acceptors (Lipinski definition) is 3. The smallest absolute Gasteiger partial charge is 0.258 e. The molecule has 148 valence electrons. The Kier molecular flexibility index (Phi) is 6.47. The molecule has 1 aromatic heterocycles. The summed E-state index contributed by atoms with van der Waals surface area (Å²) in [5.74, 6) is -0.180. The maximum atomic E-state index is 13.1. The second kappa shape index (κ2) is 9.61. The van der Waals surface area contributed by atoms with Crippen molar-refractivity contribution in [3.63, 3.8) is 0 Å². The van der Waals surface area contributed by atoms with Crippen LogP contribution >= 0.6 is 23.4 Å². The first kappa shape index (κ1) is 20.2. The average Bonchev–Trinajstić information content (AvgIpc) is 2.78. The monoisotopic (exact) mass is 430 g/mol. The van der Waals surface area contributed by atoms with Gasteiger partial charge in [0.1, 0.15) is 5.03 Å². The van der Waals surface area contributed by atoms with Crippen molar-refractivity contribution in [2.45, 2.75) is 16.3 Å². The first-order valence-electron chi connectivity index (χ1n) is 9.51. The van der Waals surface area contributed by atoms with Crippen molar-refractivity contribution in [3.05, 3.63) is 119 Å². The molecule has 0 radical (unpaired) electrons. The highest BCUT2D eigenvalue weighted by molar-refractivity contribution is 7.99. The summed E-state index contributed by atoms with van der Waals surface area (Å²) in [5, 5.41) is 4.39. The summed E-state index contributed by atoms with van der Waals surface area (Å²) in [7, 11) is 0. The highest BCUT2D eigenvalue weighted by Crippen LogP contribution is 2.30. The Morgan fingerprint density at radius 1 is 0.867 bits per heavy atom. The summed E-state index contributed by atoms with van der Waals surface area (Å²) in [5.41, 5.74) is 3.59. The lowest BCUT2D eigenvalue weighted by Gasteiger charge is -2.13. The fraction of sp³-hybridized carbons (Fsp3) is 0.0400. The minimum atomic E-state index is -0.180. The van der Waals surface area contributed by atoms with Crippen molar-refractivity contribution < 1.29 is 4.79 Å². The number of amides is 1. The van der Waals surface area contributed by atoms with Gasteiger partial charge < -0.3 is 5.32 Å². The number of carbonyl (C=O) groups is 1. The number of benzene rings is 3. The maximum Gasteiger partial charge on any atom is 0.258 e. The Hall–Kier alpha value is -3.08. The van der Waals surface area contributed by atoms with Crippen LogP contribution in [0.25, 0.3) is 0 Å². The number of pyridine rings is 1. The minimum Gasteiger partial charge on any atom is -0.322 e. The van der Waals surface area contributed by atoms with Gasteiger partial charge in [-0.05, 0) is 60.0 Å². The van der Waals surface area contributed by atoms with Gasteiger partial charge in [0.15, 0.2) is 0 Å². The van der Waals surface area contributed by atoms with Crippen LogP contribution in [0.15, 0.2) is 107 Å². The van der Waals surface area contributed by atoms with Crippen LogP contribution in [0.2, 0.25) is 5.02 Å². The van der Waals surface area contributed by atoms with E-state index in [1.54, 1.807) is 18.3 Å². The molecule has 0 aliphatic carbocycles. The Balaban J connectivity index is 1.56. The molecule has 5 heteroatoms. The lowest BCUT2D eigenvalue weighted by molar-refractivity contribution is 0.102. The van der Waals surface area contributed by atoms with Crippen molar-refractivity contribution in [2.75, 3.05) is 5.32 Å². The third-order valence-electron chi connectivity index (χ3n) is 4.55. The van der Waals surface area contributed by atoms with Crippen LogP contribution in [-0.4, -0.2) is 10.9 Å². The zero-order valence-corrected chi connectivity index (χ0v) is 17.7. The highest BCUT2D eigenvalue weighted by atomic mass is 35.5. The summed E-state index contributed by atoms with van der Waals surface area (Å²) in [4.78, 5) is 18.5. The molecule has 0 unspecified atom stereocenters. The molecule has 0 aliphatic heterocycles. The number of rotatable bonds is 6. The van der Waals surface area contributed by atoms with Crippen LogP contribution < -0.4 is 5.32 Å². The molecule has 0 saturated carbocycles. The number of nitrogens with one attached hydrogen (secondary N) is 1. The van der Waals surface area contributed by atoms with Gasteiger partial charge in [0.2, 0.25) is 0 Å². The van der Waals surface area contributed by atoms with E-state index in [-0.39, 0.29) is 5.91 Å². The molecule has 0 saturated heterocycles. The van der Waals surface area contributed by atoms with E-state index in [1.165, 1.54) is 17.3 Å². The topological polar surface area (TPSA) is 42.0 Å². The fourth-order valence-electron chi connectivity index (χ4n) is 3.06. The average molecular weight is 431 g/mol. The largest absolute Gasteiger partial charge is 0.322 e. The zero-order valence-electron chi connectivity index (χ0n) is 16.1. The van der Waals surface area contributed by atoms with Gasteiger partial charge in [-0.15, -0.1) is 0 Å². The van der Waals surface area contributed by atoms with E-state index < -0.39 is 0 Å². The van der Waals surface area contributed by atoms with E-state index in [0.29, 0.717) is 15.6 Å². The summed E-state index contributed by atoms with van der Waals surface area (Å²) in [6, 6.07) is 29.1. The summed E-state index contributed by atoms with van der Waals surface area (Å²) in [6.07, 6.45) is 2.44. The number of halogens is 1. The van der Waals surface area contributed by atoms with Gasteiger partial charge in [-0.2, -0.15) is 0 Å². The van der Waals surface area contributed by atoms with E-state index in [2.05, 4.69) is 22.4 Å². The van der Waals surface area contributed by atoms with Gasteiger partial charge in [0.25, 0.3) is 5.91 Å². The van der Waals surface area contributed by atoms with Crippen molar-refractivity contribution in [2.24, 2.45) is 0 Å². The molecule has 1 heterocycles. The molecule has 1 N–H and O–H groups in total. The van der Waals surface area contributed by atoms with Crippen LogP contribution in [0.1, 0.15) is 21.5 Å². The van der Waals surface area contributed by atoms with Gasteiger partial charge in [0, 0.05) is 21.8 Å².